The SMILES string of the molecule is CSC1NCCS1. The molecule has 1 rings (SSSR count). The number of thioether (sulfide) groups is 2. The summed E-state index contributed by atoms with van der Waals surface area (Å²) in [6, 6.07) is 0. The van der Waals surface area contributed by atoms with Crippen LogP contribution in [-0.4, -0.2) is 23.3 Å². The summed E-state index contributed by atoms with van der Waals surface area (Å²) in [6.07, 6.45) is 2.13. The molecule has 0 saturated carbocycles. The zero-order chi connectivity index (χ0) is 5.11. The second-order valence-corrected chi connectivity index (χ2v) is 3.85. The van der Waals surface area contributed by atoms with Crippen molar-refractivity contribution in [2.24, 2.45) is 0 Å². The Morgan fingerprint density at radius 3 is 3.00 bits per heavy atom. The molecule has 1 unspecified atom stereocenters. The van der Waals surface area contributed by atoms with Crippen molar-refractivity contribution in [1.82, 2.24) is 5.32 Å². The average Bonchev–Trinajstić information content (AvgIpc) is 2.14. The molecule has 1 fully saturated rings. The van der Waals surface area contributed by atoms with Gasteiger partial charge in [-0.1, -0.05) is 0 Å². The molecule has 1 heterocycles. The highest BCUT2D eigenvalue weighted by Gasteiger charge is 2.10. The summed E-state index contributed by atoms with van der Waals surface area (Å²) < 4.78 is 0.681. The van der Waals surface area contributed by atoms with E-state index >= 15 is 0 Å². The van der Waals surface area contributed by atoms with Crippen molar-refractivity contribution in [3.63, 3.8) is 0 Å². The highest BCUT2D eigenvalue weighted by atomic mass is 32.2. The Morgan fingerprint density at radius 1 is 1.86 bits per heavy atom. The topological polar surface area (TPSA) is 12.0 Å². The Balaban J connectivity index is 2.14. The molecule has 0 aromatic rings. The second-order valence-electron chi connectivity index (χ2n) is 1.39. The van der Waals surface area contributed by atoms with Crippen LogP contribution in [0.15, 0.2) is 0 Å². The second kappa shape index (κ2) is 2.84. The van der Waals surface area contributed by atoms with Gasteiger partial charge in [0.15, 0.2) is 0 Å². The van der Waals surface area contributed by atoms with Crippen molar-refractivity contribution in [2.75, 3.05) is 18.6 Å². The fourth-order valence-corrected chi connectivity index (χ4v) is 2.36. The minimum absolute atomic E-state index is 0.681. The zero-order valence-corrected chi connectivity index (χ0v) is 5.94. The fourth-order valence-electron chi connectivity index (χ4n) is 0.553. The third kappa shape index (κ3) is 1.55. The Kier molecular flexibility index (Phi) is 2.35. The number of hydrogen-bond donors (Lipinski definition) is 1. The van der Waals surface area contributed by atoms with E-state index in [1.54, 1.807) is 0 Å². The van der Waals surface area contributed by atoms with Gasteiger partial charge >= 0.3 is 0 Å². The average molecular weight is 135 g/mol. The van der Waals surface area contributed by atoms with Crippen molar-refractivity contribution in [1.29, 1.82) is 0 Å². The van der Waals surface area contributed by atoms with Crippen molar-refractivity contribution in [3.05, 3.63) is 0 Å². The van der Waals surface area contributed by atoms with Crippen LogP contribution < -0.4 is 5.32 Å². The van der Waals surface area contributed by atoms with Gasteiger partial charge in [0.05, 0.1) is 4.71 Å². The maximum atomic E-state index is 3.33. The lowest BCUT2D eigenvalue weighted by Crippen LogP contribution is -2.14. The van der Waals surface area contributed by atoms with E-state index in [9.17, 15) is 0 Å². The summed E-state index contributed by atoms with van der Waals surface area (Å²) in [5.74, 6) is 1.28. The minimum atomic E-state index is 0.681. The molecule has 0 radical (unpaired) electrons. The molecule has 1 aliphatic rings. The Labute approximate surface area is 52.6 Å². The highest BCUT2D eigenvalue weighted by Crippen LogP contribution is 2.21. The van der Waals surface area contributed by atoms with Gasteiger partial charge in [0, 0.05) is 12.3 Å². The van der Waals surface area contributed by atoms with Crippen LogP contribution >= 0.6 is 23.5 Å². The lowest BCUT2D eigenvalue weighted by molar-refractivity contribution is 0.855. The third-order valence-electron chi connectivity index (χ3n) is 0.896. The first-order valence-corrected chi connectivity index (χ1v) is 4.65. The predicted octanol–water partition coefficient (Wildman–Crippen LogP) is 0.969. The minimum Gasteiger partial charge on any atom is -0.296 e. The largest absolute Gasteiger partial charge is 0.296 e. The van der Waals surface area contributed by atoms with E-state index in [1.807, 2.05) is 23.5 Å². The van der Waals surface area contributed by atoms with Gasteiger partial charge in [0.1, 0.15) is 0 Å². The van der Waals surface area contributed by atoms with Gasteiger partial charge in [-0.3, -0.25) is 5.32 Å². The molecule has 0 amide bonds. The van der Waals surface area contributed by atoms with Crippen LogP contribution in [0.2, 0.25) is 0 Å². The Hall–Kier alpha value is 0.660. The number of hydrogen-bond acceptors (Lipinski definition) is 3. The quantitative estimate of drug-likeness (QED) is 0.575. The summed E-state index contributed by atoms with van der Waals surface area (Å²) in [5, 5.41) is 3.33. The first kappa shape index (κ1) is 5.79. The van der Waals surface area contributed by atoms with E-state index in [1.165, 1.54) is 12.3 Å². The van der Waals surface area contributed by atoms with E-state index in [0.717, 1.165) is 0 Å². The lowest BCUT2D eigenvalue weighted by Gasteiger charge is -2.01. The van der Waals surface area contributed by atoms with Crippen molar-refractivity contribution >= 4 is 23.5 Å². The van der Waals surface area contributed by atoms with Crippen LogP contribution in [0.3, 0.4) is 0 Å². The third-order valence-corrected chi connectivity index (χ3v) is 3.39. The molecule has 0 aromatic heterocycles. The number of nitrogens with one attached hydrogen (secondary N) is 1. The maximum absolute atomic E-state index is 3.33. The van der Waals surface area contributed by atoms with Crippen LogP contribution in [-0.2, 0) is 0 Å². The molecule has 7 heavy (non-hydrogen) atoms. The first-order chi connectivity index (χ1) is 3.43. The summed E-state index contributed by atoms with van der Waals surface area (Å²) >= 11 is 3.88. The first-order valence-electron chi connectivity index (χ1n) is 2.31. The molecule has 1 nitrogen and oxygen atoms in total. The van der Waals surface area contributed by atoms with Crippen LogP contribution in [0.5, 0.6) is 0 Å². The van der Waals surface area contributed by atoms with Crippen molar-refractivity contribution < 1.29 is 0 Å². The van der Waals surface area contributed by atoms with E-state index in [4.69, 9.17) is 0 Å². The van der Waals surface area contributed by atoms with Gasteiger partial charge in [-0.2, -0.15) is 0 Å². The molecular formula is C4H9NS2. The summed E-state index contributed by atoms with van der Waals surface area (Å²) in [7, 11) is 0. The molecule has 0 aromatic carbocycles. The number of rotatable bonds is 1. The van der Waals surface area contributed by atoms with Gasteiger partial charge in [0.2, 0.25) is 0 Å². The molecular weight excluding hydrogens is 126 g/mol. The van der Waals surface area contributed by atoms with E-state index in [-0.39, 0.29) is 0 Å². The Bertz CT molecular complexity index is 51.7. The van der Waals surface area contributed by atoms with Gasteiger partial charge in [0.25, 0.3) is 0 Å². The maximum Gasteiger partial charge on any atom is 0.0999 e. The lowest BCUT2D eigenvalue weighted by atomic mass is 10.8. The molecule has 3 heteroatoms. The molecule has 0 aliphatic carbocycles. The van der Waals surface area contributed by atoms with E-state index in [0.29, 0.717) is 4.71 Å². The van der Waals surface area contributed by atoms with Crippen molar-refractivity contribution in [2.45, 2.75) is 4.71 Å². The zero-order valence-electron chi connectivity index (χ0n) is 4.31. The standard InChI is InChI=1S/C4H9NS2/c1-6-4-5-2-3-7-4/h4-5H,2-3H2,1H3. The van der Waals surface area contributed by atoms with Gasteiger partial charge < -0.3 is 0 Å². The van der Waals surface area contributed by atoms with E-state index in [2.05, 4.69) is 11.6 Å². The van der Waals surface area contributed by atoms with Crippen LogP contribution in [0.4, 0.5) is 0 Å². The molecule has 42 valence electrons. The molecule has 0 spiro atoms. The van der Waals surface area contributed by atoms with Crippen molar-refractivity contribution in [3.8, 4) is 0 Å². The highest BCUT2D eigenvalue weighted by molar-refractivity contribution is 8.16. The Morgan fingerprint density at radius 2 is 2.71 bits per heavy atom. The van der Waals surface area contributed by atoms with Gasteiger partial charge in [-0.05, 0) is 6.26 Å². The molecule has 1 N–H and O–H groups in total. The smallest absolute Gasteiger partial charge is 0.0999 e. The van der Waals surface area contributed by atoms with Crippen LogP contribution in [0.1, 0.15) is 0 Å². The summed E-state index contributed by atoms with van der Waals surface area (Å²) in [5.41, 5.74) is 0. The predicted molar refractivity (Wildman–Crippen MR) is 37.8 cm³/mol. The normalized spacial score (nSPS) is 31.3. The molecule has 1 saturated heterocycles. The monoisotopic (exact) mass is 135 g/mol. The summed E-state index contributed by atoms with van der Waals surface area (Å²) in [4.78, 5) is 0. The molecule has 1 atom stereocenters. The van der Waals surface area contributed by atoms with Gasteiger partial charge in [-0.15, -0.1) is 23.5 Å². The van der Waals surface area contributed by atoms with Crippen LogP contribution in [0, 0.1) is 0 Å². The van der Waals surface area contributed by atoms with E-state index < -0.39 is 0 Å². The van der Waals surface area contributed by atoms with Crippen LogP contribution in [0.25, 0.3) is 0 Å². The molecule has 1 aliphatic heterocycles. The molecule has 0 bridgehead atoms. The van der Waals surface area contributed by atoms with Gasteiger partial charge in [-0.25, -0.2) is 0 Å². The fraction of sp³-hybridized carbons (Fsp3) is 1.00. The summed E-state index contributed by atoms with van der Waals surface area (Å²) in [6.45, 7) is 1.19.